The van der Waals surface area contributed by atoms with Crippen LogP contribution in [-0.2, 0) is 4.79 Å². The van der Waals surface area contributed by atoms with Gasteiger partial charge in [0.15, 0.2) is 0 Å². The summed E-state index contributed by atoms with van der Waals surface area (Å²) in [7, 11) is -1.53. The second-order valence-corrected chi connectivity index (χ2v) is 6.28. The minimum atomic E-state index is -1.53. The molecule has 128 valence electrons. The summed E-state index contributed by atoms with van der Waals surface area (Å²) in [4.78, 5) is 28.5. The Morgan fingerprint density at radius 1 is 1.17 bits per heavy atom. The van der Waals surface area contributed by atoms with E-state index in [1.807, 2.05) is 18.2 Å². The molecule has 8 heteroatoms. The molecular formula is C16H22BN3O4. The lowest BCUT2D eigenvalue weighted by Crippen LogP contribution is -2.60. The molecule has 1 aromatic carbocycles. The Morgan fingerprint density at radius 3 is 2.62 bits per heavy atom. The quantitative estimate of drug-likeness (QED) is 0.625. The molecular weight excluding hydrogens is 309 g/mol. The average molecular weight is 331 g/mol. The van der Waals surface area contributed by atoms with E-state index in [1.54, 1.807) is 17.0 Å². The molecule has 2 saturated heterocycles. The first-order valence-electron chi connectivity index (χ1n) is 8.32. The summed E-state index contributed by atoms with van der Waals surface area (Å²) in [5, 5.41) is 22.0. The minimum Gasteiger partial charge on any atom is -0.426 e. The van der Waals surface area contributed by atoms with Crippen molar-refractivity contribution in [2.45, 2.75) is 24.8 Å². The van der Waals surface area contributed by atoms with Gasteiger partial charge in [0.05, 0.1) is 5.94 Å². The van der Waals surface area contributed by atoms with Gasteiger partial charge in [0.25, 0.3) is 5.91 Å². The number of carbonyl (C=O) groups excluding carboxylic acids is 2. The van der Waals surface area contributed by atoms with Gasteiger partial charge in [-0.3, -0.25) is 9.59 Å². The van der Waals surface area contributed by atoms with Gasteiger partial charge >= 0.3 is 7.12 Å². The molecule has 0 bridgehead atoms. The van der Waals surface area contributed by atoms with E-state index in [1.165, 1.54) is 4.90 Å². The zero-order valence-corrected chi connectivity index (χ0v) is 13.5. The van der Waals surface area contributed by atoms with E-state index in [2.05, 4.69) is 5.32 Å². The number of hydrogen-bond acceptors (Lipinski definition) is 5. The molecule has 2 fully saturated rings. The largest absolute Gasteiger partial charge is 0.475 e. The summed E-state index contributed by atoms with van der Waals surface area (Å²) in [6, 6.07) is 8.50. The Kier molecular flexibility index (Phi) is 5.18. The van der Waals surface area contributed by atoms with Gasteiger partial charge in [-0.15, -0.1) is 0 Å². The van der Waals surface area contributed by atoms with Crippen LogP contribution in [-0.4, -0.2) is 76.9 Å². The van der Waals surface area contributed by atoms with Gasteiger partial charge in [-0.05, 0) is 25.0 Å². The fraction of sp³-hybridized carbons (Fsp3) is 0.500. The van der Waals surface area contributed by atoms with Crippen LogP contribution in [0.1, 0.15) is 23.2 Å². The fourth-order valence-electron chi connectivity index (χ4n) is 3.44. The molecule has 2 atom stereocenters. The molecule has 0 radical (unpaired) electrons. The molecule has 7 nitrogen and oxygen atoms in total. The molecule has 0 aliphatic carbocycles. The van der Waals surface area contributed by atoms with Crippen molar-refractivity contribution in [2.24, 2.45) is 0 Å². The Hall–Kier alpha value is -1.90. The lowest BCUT2D eigenvalue weighted by molar-refractivity contribution is -0.134. The molecule has 0 aromatic heterocycles. The molecule has 2 heterocycles. The zero-order chi connectivity index (χ0) is 17.1. The normalized spacial score (nSPS) is 24.1. The topological polar surface area (TPSA) is 93.1 Å². The summed E-state index contributed by atoms with van der Waals surface area (Å²) in [5.74, 6) is -0.814. The van der Waals surface area contributed by atoms with E-state index < -0.39 is 19.1 Å². The van der Waals surface area contributed by atoms with Crippen LogP contribution in [0.2, 0.25) is 0 Å². The third kappa shape index (κ3) is 3.45. The number of amides is 2. The van der Waals surface area contributed by atoms with Crippen LogP contribution in [0, 0.1) is 0 Å². The predicted molar refractivity (Wildman–Crippen MR) is 89.1 cm³/mol. The van der Waals surface area contributed by atoms with E-state index in [4.69, 9.17) is 0 Å². The van der Waals surface area contributed by atoms with Gasteiger partial charge in [-0.25, -0.2) is 0 Å². The minimum absolute atomic E-state index is 0.0879. The first kappa shape index (κ1) is 16.9. The van der Waals surface area contributed by atoms with E-state index in [-0.39, 0.29) is 18.4 Å². The first-order valence-corrected chi connectivity index (χ1v) is 8.32. The predicted octanol–water partition coefficient (Wildman–Crippen LogP) is -0.896. The number of likely N-dealkylation sites (tertiary alicyclic amines) is 1. The van der Waals surface area contributed by atoms with Crippen LogP contribution in [0.25, 0.3) is 0 Å². The molecule has 2 amide bonds. The molecule has 3 N–H and O–H groups in total. The highest BCUT2D eigenvalue weighted by Crippen LogP contribution is 2.20. The summed E-state index contributed by atoms with van der Waals surface area (Å²) >= 11 is 0. The maximum atomic E-state index is 12.7. The van der Waals surface area contributed by atoms with Crippen molar-refractivity contribution >= 4 is 18.9 Å². The highest BCUT2D eigenvalue weighted by atomic mass is 16.4. The van der Waals surface area contributed by atoms with Crippen LogP contribution >= 0.6 is 0 Å². The van der Waals surface area contributed by atoms with Crippen molar-refractivity contribution in [1.82, 2.24) is 15.1 Å². The molecule has 1 aromatic rings. The number of carbonyl (C=O) groups is 2. The molecule has 0 unspecified atom stereocenters. The Labute approximate surface area is 141 Å². The highest BCUT2D eigenvalue weighted by Gasteiger charge is 2.40. The average Bonchev–Trinajstić information content (AvgIpc) is 3.11. The Bertz CT molecular complexity index is 598. The molecule has 0 spiro atoms. The fourth-order valence-corrected chi connectivity index (χ4v) is 3.44. The number of nitrogens with zero attached hydrogens (tertiary/aromatic N) is 2. The maximum Gasteiger partial charge on any atom is 0.475 e. The summed E-state index contributed by atoms with van der Waals surface area (Å²) in [5.41, 5.74) is 0.607. The number of rotatable bonds is 3. The van der Waals surface area contributed by atoms with Crippen molar-refractivity contribution in [2.75, 3.05) is 26.2 Å². The SMILES string of the molecule is O=C(c1ccccc1)N1CCN[C@@H](C(=O)N2CCC[C@H]2B(O)O)C1. The lowest BCUT2D eigenvalue weighted by atomic mass is 9.77. The Morgan fingerprint density at radius 2 is 1.92 bits per heavy atom. The molecule has 0 saturated carbocycles. The van der Waals surface area contributed by atoms with Gasteiger partial charge in [0.1, 0.15) is 6.04 Å². The van der Waals surface area contributed by atoms with Gasteiger partial charge in [0, 0.05) is 31.7 Å². The van der Waals surface area contributed by atoms with Gasteiger partial charge in [-0.2, -0.15) is 0 Å². The van der Waals surface area contributed by atoms with Crippen LogP contribution in [0.4, 0.5) is 0 Å². The van der Waals surface area contributed by atoms with Crippen molar-refractivity contribution in [3.8, 4) is 0 Å². The monoisotopic (exact) mass is 331 g/mol. The highest BCUT2D eigenvalue weighted by molar-refractivity contribution is 6.43. The molecule has 24 heavy (non-hydrogen) atoms. The summed E-state index contributed by atoms with van der Waals surface area (Å²) in [6.45, 7) is 1.89. The second-order valence-electron chi connectivity index (χ2n) is 6.28. The van der Waals surface area contributed by atoms with Crippen LogP contribution < -0.4 is 5.32 Å². The molecule has 2 aliphatic rings. The van der Waals surface area contributed by atoms with E-state index >= 15 is 0 Å². The van der Waals surface area contributed by atoms with E-state index in [9.17, 15) is 19.6 Å². The van der Waals surface area contributed by atoms with Gasteiger partial charge in [0.2, 0.25) is 5.91 Å². The van der Waals surface area contributed by atoms with Crippen molar-refractivity contribution < 1.29 is 19.6 Å². The summed E-state index contributed by atoms with van der Waals surface area (Å²) < 4.78 is 0. The van der Waals surface area contributed by atoms with Gasteiger partial charge < -0.3 is 25.2 Å². The van der Waals surface area contributed by atoms with Crippen LogP contribution in [0.5, 0.6) is 0 Å². The summed E-state index contributed by atoms with van der Waals surface area (Å²) in [6.07, 6.45) is 1.34. The zero-order valence-electron chi connectivity index (χ0n) is 13.5. The van der Waals surface area contributed by atoms with E-state index in [0.717, 1.165) is 6.42 Å². The van der Waals surface area contributed by atoms with Gasteiger partial charge in [-0.1, -0.05) is 18.2 Å². The standard InChI is InChI=1S/C16H22BN3O4/c21-15(12-5-2-1-3-6-12)19-10-8-18-13(11-19)16(22)20-9-4-7-14(20)17(23)24/h1-3,5-6,13-14,18,23-24H,4,7-11H2/t13-,14+/m1/s1. The lowest BCUT2D eigenvalue weighted by Gasteiger charge is -2.36. The maximum absolute atomic E-state index is 12.7. The van der Waals surface area contributed by atoms with Crippen molar-refractivity contribution in [1.29, 1.82) is 0 Å². The number of nitrogens with one attached hydrogen (secondary N) is 1. The number of piperazine rings is 1. The second kappa shape index (κ2) is 7.33. The van der Waals surface area contributed by atoms with Crippen LogP contribution in [0.15, 0.2) is 30.3 Å². The first-order chi connectivity index (χ1) is 11.6. The molecule has 2 aliphatic heterocycles. The smallest absolute Gasteiger partial charge is 0.426 e. The number of benzene rings is 1. The third-order valence-corrected chi connectivity index (χ3v) is 4.71. The van der Waals surface area contributed by atoms with Crippen LogP contribution in [0.3, 0.4) is 0 Å². The third-order valence-electron chi connectivity index (χ3n) is 4.71. The Balaban J connectivity index is 1.67. The number of hydrogen-bond donors (Lipinski definition) is 3. The molecule has 3 rings (SSSR count). The van der Waals surface area contributed by atoms with Crippen molar-refractivity contribution in [3.63, 3.8) is 0 Å². The van der Waals surface area contributed by atoms with Crippen molar-refractivity contribution in [3.05, 3.63) is 35.9 Å². The van der Waals surface area contributed by atoms with E-state index in [0.29, 0.717) is 31.6 Å².